The van der Waals surface area contributed by atoms with Crippen LogP contribution < -0.4 is 10.6 Å². The third-order valence-corrected chi connectivity index (χ3v) is 5.14. The molecular weight excluding hydrogens is 340 g/mol. The van der Waals surface area contributed by atoms with Gasteiger partial charge in [-0.15, -0.1) is 0 Å². The van der Waals surface area contributed by atoms with Crippen LogP contribution in [0.1, 0.15) is 38.3 Å². The van der Waals surface area contributed by atoms with Crippen molar-refractivity contribution in [2.24, 2.45) is 0 Å². The second-order valence-corrected chi connectivity index (χ2v) is 6.72. The number of anilines is 2. The molecule has 1 saturated heterocycles. The SMILES string of the molecule is O=C1c2c(O)ccc(O)c2C(=O)c2c3c(cc(O)c21)NC1(CCOC1)N3. The smallest absolute Gasteiger partial charge is 0.202 e. The number of ether oxygens (including phenoxy) is 1. The molecular formula is C18H14N2O6. The first-order valence-electron chi connectivity index (χ1n) is 8.10. The lowest BCUT2D eigenvalue weighted by Crippen LogP contribution is -2.42. The van der Waals surface area contributed by atoms with Crippen LogP contribution in [0.2, 0.25) is 0 Å². The van der Waals surface area contributed by atoms with E-state index in [2.05, 4.69) is 10.6 Å². The molecule has 1 spiro atoms. The zero-order valence-electron chi connectivity index (χ0n) is 13.4. The van der Waals surface area contributed by atoms with Crippen molar-refractivity contribution >= 4 is 22.9 Å². The standard InChI is InChI=1S/C18H14N2O6/c21-8-1-2-9(22)12-11(8)16(24)13-10(23)5-7-15(14(13)17(12)25)20-18(19-7)3-4-26-6-18/h1-2,5,19-23H,3-4,6H2. The lowest BCUT2D eigenvalue weighted by molar-refractivity contribution is 0.0972. The van der Waals surface area contributed by atoms with Gasteiger partial charge in [-0.05, 0) is 12.1 Å². The quantitative estimate of drug-likeness (QED) is 0.385. The van der Waals surface area contributed by atoms with Crippen molar-refractivity contribution in [3.8, 4) is 17.2 Å². The Bertz CT molecular complexity index is 1020. The fraction of sp³-hybridized carbons (Fsp3) is 0.222. The Labute approximate surface area is 147 Å². The van der Waals surface area contributed by atoms with E-state index in [9.17, 15) is 24.9 Å². The molecule has 0 radical (unpaired) electrons. The summed E-state index contributed by atoms with van der Waals surface area (Å²) in [7, 11) is 0. The molecule has 1 unspecified atom stereocenters. The molecule has 0 saturated carbocycles. The van der Waals surface area contributed by atoms with Crippen molar-refractivity contribution in [2.75, 3.05) is 23.8 Å². The van der Waals surface area contributed by atoms with Crippen LogP contribution in [0.15, 0.2) is 18.2 Å². The van der Waals surface area contributed by atoms with Crippen molar-refractivity contribution in [1.82, 2.24) is 0 Å². The van der Waals surface area contributed by atoms with Crippen LogP contribution in [-0.2, 0) is 4.74 Å². The number of hydrogen-bond donors (Lipinski definition) is 5. The Kier molecular flexibility index (Phi) is 2.70. The molecule has 8 heteroatoms. The maximum Gasteiger partial charge on any atom is 0.202 e. The van der Waals surface area contributed by atoms with Gasteiger partial charge in [-0.2, -0.15) is 0 Å². The number of nitrogens with one attached hydrogen (secondary N) is 2. The van der Waals surface area contributed by atoms with Gasteiger partial charge >= 0.3 is 0 Å². The first kappa shape index (κ1) is 15.0. The zero-order chi connectivity index (χ0) is 18.2. The number of ketones is 2. The largest absolute Gasteiger partial charge is 0.507 e. The number of carbonyl (C=O) groups is 2. The molecule has 1 aliphatic carbocycles. The number of benzene rings is 2. The molecule has 2 heterocycles. The molecule has 0 aromatic heterocycles. The third kappa shape index (κ3) is 1.71. The average Bonchev–Trinajstić information content (AvgIpc) is 3.20. The van der Waals surface area contributed by atoms with Gasteiger partial charge in [-0.1, -0.05) is 0 Å². The minimum Gasteiger partial charge on any atom is -0.507 e. The topological polar surface area (TPSA) is 128 Å². The number of fused-ring (bicyclic) bond motifs is 4. The lowest BCUT2D eigenvalue weighted by Gasteiger charge is -2.24. The molecule has 2 aliphatic heterocycles. The van der Waals surface area contributed by atoms with Crippen molar-refractivity contribution in [1.29, 1.82) is 0 Å². The van der Waals surface area contributed by atoms with E-state index >= 15 is 0 Å². The maximum atomic E-state index is 13.1. The average molecular weight is 354 g/mol. The molecule has 2 aromatic carbocycles. The van der Waals surface area contributed by atoms with Crippen LogP contribution in [0.4, 0.5) is 11.4 Å². The van der Waals surface area contributed by atoms with Crippen LogP contribution in [0, 0.1) is 0 Å². The van der Waals surface area contributed by atoms with Gasteiger partial charge in [0.25, 0.3) is 0 Å². The summed E-state index contributed by atoms with van der Waals surface area (Å²) in [6.45, 7) is 0.897. The molecule has 3 aliphatic rings. The predicted octanol–water partition coefficient (Wildman–Crippen LogP) is 1.53. The first-order valence-corrected chi connectivity index (χ1v) is 8.10. The summed E-state index contributed by atoms with van der Waals surface area (Å²) in [6, 6.07) is 3.68. The van der Waals surface area contributed by atoms with E-state index in [1.165, 1.54) is 6.07 Å². The van der Waals surface area contributed by atoms with E-state index in [0.717, 1.165) is 12.1 Å². The molecule has 1 fully saturated rings. The first-order chi connectivity index (χ1) is 12.4. The molecule has 0 amide bonds. The van der Waals surface area contributed by atoms with Gasteiger partial charge in [0.15, 0.2) is 0 Å². The van der Waals surface area contributed by atoms with E-state index in [4.69, 9.17) is 4.74 Å². The Balaban J connectivity index is 1.78. The third-order valence-electron chi connectivity index (χ3n) is 5.14. The van der Waals surface area contributed by atoms with Gasteiger partial charge < -0.3 is 30.7 Å². The summed E-state index contributed by atoms with van der Waals surface area (Å²) in [6.07, 6.45) is 0.641. The van der Waals surface area contributed by atoms with Gasteiger partial charge in [0.05, 0.1) is 46.8 Å². The fourth-order valence-electron chi connectivity index (χ4n) is 3.93. The van der Waals surface area contributed by atoms with Gasteiger partial charge in [0.2, 0.25) is 11.6 Å². The minimum absolute atomic E-state index is 0.0188. The molecule has 8 nitrogen and oxygen atoms in total. The Hall–Kier alpha value is -3.26. The number of phenols is 3. The Morgan fingerprint density at radius 2 is 1.50 bits per heavy atom. The number of carbonyl (C=O) groups excluding carboxylic acids is 2. The van der Waals surface area contributed by atoms with Crippen LogP contribution in [0.3, 0.4) is 0 Å². The molecule has 5 N–H and O–H groups in total. The van der Waals surface area contributed by atoms with Crippen molar-refractivity contribution in [3.63, 3.8) is 0 Å². The molecule has 2 aromatic rings. The number of rotatable bonds is 0. The van der Waals surface area contributed by atoms with Crippen LogP contribution >= 0.6 is 0 Å². The van der Waals surface area contributed by atoms with Gasteiger partial charge in [-0.25, -0.2) is 0 Å². The Morgan fingerprint density at radius 1 is 0.885 bits per heavy atom. The Morgan fingerprint density at radius 3 is 2.12 bits per heavy atom. The summed E-state index contributed by atoms with van der Waals surface area (Å²) in [4.78, 5) is 26.0. The molecule has 26 heavy (non-hydrogen) atoms. The van der Waals surface area contributed by atoms with Gasteiger partial charge in [0.1, 0.15) is 22.9 Å². The highest BCUT2D eigenvalue weighted by molar-refractivity contribution is 6.33. The van der Waals surface area contributed by atoms with E-state index in [1.807, 2.05) is 0 Å². The highest BCUT2D eigenvalue weighted by atomic mass is 16.5. The number of aromatic hydroxyl groups is 3. The van der Waals surface area contributed by atoms with Crippen LogP contribution in [-0.4, -0.2) is 45.8 Å². The second-order valence-electron chi connectivity index (χ2n) is 6.72. The summed E-state index contributed by atoms with van der Waals surface area (Å²) >= 11 is 0. The number of phenolic OH excluding ortho intramolecular Hbond substituents is 3. The lowest BCUT2D eigenvalue weighted by atomic mass is 9.81. The van der Waals surface area contributed by atoms with Crippen LogP contribution in [0.5, 0.6) is 17.2 Å². The molecule has 1 atom stereocenters. The van der Waals surface area contributed by atoms with E-state index in [-0.39, 0.29) is 28.0 Å². The monoisotopic (exact) mass is 354 g/mol. The summed E-state index contributed by atoms with van der Waals surface area (Å²) in [5, 5.41) is 37.0. The van der Waals surface area contributed by atoms with E-state index < -0.39 is 28.7 Å². The van der Waals surface area contributed by atoms with Gasteiger partial charge in [-0.3, -0.25) is 9.59 Å². The normalized spacial score (nSPS) is 22.6. The second kappa shape index (κ2) is 4.67. The molecule has 0 bridgehead atoms. The van der Waals surface area contributed by atoms with Crippen molar-refractivity contribution in [3.05, 3.63) is 40.5 Å². The summed E-state index contributed by atoms with van der Waals surface area (Å²) in [5.41, 5.74) is -0.509. The van der Waals surface area contributed by atoms with Crippen molar-refractivity contribution in [2.45, 2.75) is 12.1 Å². The minimum atomic E-state index is -0.714. The zero-order valence-corrected chi connectivity index (χ0v) is 13.4. The van der Waals surface area contributed by atoms with Crippen molar-refractivity contribution < 1.29 is 29.6 Å². The van der Waals surface area contributed by atoms with Crippen LogP contribution in [0.25, 0.3) is 0 Å². The fourth-order valence-corrected chi connectivity index (χ4v) is 3.93. The predicted molar refractivity (Wildman–Crippen MR) is 90.2 cm³/mol. The van der Waals surface area contributed by atoms with E-state index in [0.29, 0.717) is 31.0 Å². The van der Waals surface area contributed by atoms with Gasteiger partial charge in [0, 0.05) is 12.5 Å². The highest BCUT2D eigenvalue weighted by Crippen LogP contribution is 2.49. The highest BCUT2D eigenvalue weighted by Gasteiger charge is 2.46. The summed E-state index contributed by atoms with van der Waals surface area (Å²) < 4.78 is 5.41. The molecule has 5 rings (SSSR count). The summed E-state index contributed by atoms with van der Waals surface area (Å²) in [5.74, 6) is -2.54. The van der Waals surface area contributed by atoms with E-state index in [1.54, 1.807) is 0 Å². The number of hydrogen-bond acceptors (Lipinski definition) is 8. The maximum absolute atomic E-state index is 13.1. The molecule has 132 valence electrons.